The van der Waals surface area contributed by atoms with E-state index in [4.69, 9.17) is 16.3 Å². The molecule has 1 fully saturated rings. The van der Waals surface area contributed by atoms with Crippen molar-refractivity contribution in [3.63, 3.8) is 0 Å². The molecule has 0 saturated carbocycles. The predicted octanol–water partition coefficient (Wildman–Crippen LogP) is 6.42. The second-order valence-corrected chi connectivity index (χ2v) is 8.21. The van der Waals surface area contributed by atoms with Crippen LogP contribution in [0, 0.1) is 0 Å². The molecule has 0 bridgehead atoms. The summed E-state index contributed by atoms with van der Waals surface area (Å²) in [7, 11) is 0. The number of benzene rings is 1. The summed E-state index contributed by atoms with van der Waals surface area (Å²) in [5.41, 5.74) is -0.700. The summed E-state index contributed by atoms with van der Waals surface area (Å²) in [6.45, 7) is 3.00. The topological polar surface area (TPSA) is 12.5 Å². The molecule has 0 aliphatic carbocycles. The van der Waals surface area contributed by atoms with Crippen molar-refractivity contribution >= 4 is 22.9 Å². The first kappa shape index (κ1) is 19.5. The van der Waals surface area contributed by atoms with Crippen LogP contribution < -0.4 is 4.74 Å². The maximum Gasteiger partial charge on any atom is 0.416 e. The van der Waals surface area contributed by atoms with Gasteiger partial charge in [0.1, 0.15) is 11.9 Å². The van der Waals surface area contributed by atoms with Crippen LogP contribution in [0.2, 0.25) is 4.34 Å². The largest absolute Gasteiger partial charge is 0.485 e. The lowest BCUT2D eigenvalue weighted by Gasteiger charge is -2.28. The van der Waals surface area contributed by atoms with Crippen LogP contribution in [0.3, 0.4) is 0 Å². The highest BCUT2D eigenvalue weighted by molar-refractivity contribution is 7.16. The van der Waals surface area contributed by atoms with Crippen LogP contribution in [0.5, 0.6) is 5.75 Å². The number of rotatable bonds is 6. The fourth-order valence-corrected chi connectivity index (χ4v) is 4.28. The van der Waals surface area contributed by atoms with Crippen LogP contribution in [-0.2, 0) is 6.18 Å². The molecule has 1 aliphatic rings. The summed E-state index contributed by atoms with van der Waals surface area (Å²) in [4.78, 5) is 3.32. The Morgan fingerprint density at radius 2 is 1.88 bits per heavy atom. The number of ether oxygens (including phenoxy) is 1. The normalized spacial score (nSPS) is 17.2. The lowest BCUT2D eigenvalue weighted by atomic mass is 10.1. The van der Waals surface area contributed by atoms with E-state index in [2.05, 4.69) is 4.90 Å². The number of hydrogen-bond acceptors (Lipinski definition) is 3. The molecule has 1 atom stereocenters. The number of halogens is 4. The molecule has 3 rings (SSSR count). The quantitative estimate of drug-likeness (QED) is 0.552. The van der Waals surface area contributed by atoms with E-state index in [9.17, 15) is 13.2 Å². The van der Waals surface area contributed by atoms with Gasteiger partial charge in [0.15, 0.2) is 0 Å². The highest BCUT2D eigenvalue weighted by Gasteiger charge is 2.31. The van der Waals surface area contributed by atoms with Crippen LogP contribution in [0.15, 0.2) is 36.4 Å². The Morgan fingerprint density at radius 3 is 2.54 bits per heavy atom. The highest BCUT2D eigenvalue weighted by atomic mass is 35.5. The van der Waals surface area contributed by atoms with E-state index in [0.717, 1.165) is 36.6 Å². The minimum atomic E-state index is -4.38. The molecule has 0 spiro atoms. The first-order chi connectivity index (χ1) is 12.4. The maximum absolute atomic E-state index is 12.9. The minimum absolute atomic E-state index is 0.230. The maximum atomic E-state index is 12.9. The van der Waals surface area contributed by atoms with Crippen molar-refractivity contribution in [2.24, 2.45) is 0 Å². The van der Waals surface area contributed by atoms with E-state index in [1.807, 2.05) is 6.07 Å². The summed E-state index contributed by atoms with van der Waals surface area (Å²) in [5, 5.41) is 0. The average Bonchev–Trinajstić information content (AvgIpc) is 3.05. The molecular formula is C19H21ClF3NOS. The van der Waals surface area contributed by atoms with E-state index in [-0.39, 0.29) is 11.9 Å². The molecule has 26 heavy (non-hydrogen) atoms. The van der Waals surface area contributed by atoms with Gasteiger partial charge < -0.3 is 9.64 Å². The molecule has 1 saturated heterocycles. The van der Waals surface area contributed by atoms with E-state index >= 15 is 0 Å². The van der Waals surface area contributed by atoms with Crippen molar-refractivity contribution in [2.45, 2.75) is 38.0 Å². The van der Waals surface area contributed by atoms with Gasteiger partial charge in [-0.15, -0.1) is 11.3 Å². The molecule has 0 N–H and O–H groups in total. The SMILES string of the molecule is FC(F)(F)c1cccc(OC(CCN2CCCCC2)c2ccc(Cl)s2)c1. The third kappa shape index (κ3) is 5.38. The van der Waals surface area contributed by atoms with Gasteiger partial charge in [0.05, 0.1) is 9.90 Å². The van der Waals surface area contributed by atoms with Crippen LogP contribution >= 0.6 is 22.9 Å². The van der Waals surface area contributed by atoms with Gasteiger partial charge in [0, 0.05) is 17.8 Å². The van der Waals surface area contributed by atoms with Gasteiger partial charge >= 0.3 is 6.18 Å². The Bertz CT molecular complexity index is 713. The lowest BCUT2D eigenvalue weighted by molar-refractivity contribution is -0.137. The summed E-state index contributed by atoms with van der Waals surface area (Å²) in [5.74, 6) is 0.230. The van der Waals surface area contributed by atoms with Gasteiger partial charge in [-0.3, -0.25) is 0 Å². The Labute approximate surface area is 160 Å². The third-order valence-corrected chi connectivity index (χ3v) is 5.83. The van der Waals surface area contributed by atoms with Crippen molar-refractivity contribution in [3.05, 3.63) is 51.2 Å². The number of hydrogen-bond donors (Lipinski definition) is 0. The zero-order chi connectivity index (χ0) is 18.6. The standard InChI is InChI=1S/C19H21ClF3NOS/c20-18-8-7-17(26-18)16(9-12-24-10-2-1-3-11-24)25-15-6-4-5-14(13-15)19(21,22)23/h4-8,13,16H,1-3,9-12H2. The van der Waals surface area contributed by atoms with E-state index in [0.29, 0.717) is 10.8 Å². The van der Waals surface area contributed by atoms with Crippen LogP contribution in [0.4, 0.5) is 13.2 Å². The van der Waals surface area contributed by atoms with Gasteiger partial charge in [-0.1, -0.05) is 24.1 Å². The fraction of sp³-hybridized carbons (Fsp3) is 0.474. The zero-order valence-electron chi connectivity index (χ0n) is 14.3. The summed E-state index contributed by atoms with van der Waals surface area (Å²) in [6.07, 6.45) is -0.310. The zero-order valence-corrected chi connectivity index (χ0v) is 15.8. The van der Waals surface area contributed by atoms with Crippen LogP contribution in [0.25, 0.3) is 0 Å². The van der Waals surface area contributed by atoms with E-state index < -0.39 is 11.7 Å². The smallest absolute Gasteiger partial charge is 0.416 e. The molecule has 0 amide bonds. The van der Waals surface area contributed by atoms with Crippen molar-refractivity contribution < 1.29 is 17.9 Å². The van der Waals surface area contributed by atoms with E-state index in [1.54, 1.807) is 12.1 Å². The molecule has 1 aromatic carbocycles. The molecule has 0 radical (unpaired) electrons. The number of likely N-dealkylation sites (tertiary alicyclic amines) is 1. The van der Waals surface area contributed by atoms with Gasteiger partial charge in [0.25, 0.3) is 0 Å². The highest BCUT2D eigenvalue weighted by Crippen LogP contribution is 2.35. The first-order valence-corrected chi connectivity index (χ1v) is 9.93. The molecule has 2 nitrogen and oxygen atoms in total. The molecule has 2 aromatic rings. The molecule has 1 unspecified atom stereocenters. The van der Waals surface area contributed by atoms with Gasteiger partial charge in [-0.2, -0.15) is 13.2 Å². The number of nitrogens with zero attached hydrogens (tertiary/aromatic N) is 1. The number of alkyl halides is 3. The van der Waals surface area contributed by atoms with Gasteiger partial charge in [-0.25, -0.2) is 0 Å². The third-order valence-electron chi connectivity index (χ3n) is 4.51. The molecule has 142 valence electrons. The van der Waals surface area contributed by atoms with Crippen molar-refractivity contribution in [3.8, 4) is 5.75 Å². The Kier molecular flexibility index (Phi) is 6.48. The average molecular weight is 404 g/mol. The van der Waals surface area contributed by atoms with Crippen molar-refractivity contribution in [2.75, 3.05) is 19.6 Å². The Hall–Kier alpha value is -1.24. The molecular weight excluding hydrogens is 383 g/mol. The monoisotopic (exact) mass is 403 g/mol. The van der Waals surface area contributed by atoms with Gasteiger partial charge in [0.2, 0.25) is 0 Å². The Morgan fingerprint density at radius 1 is 1.12 bits per heavy atom. The van der Waals surface area contributed by atoms with Crippen molar-refractivity contribution in [1.82, 2.24) is 4.90 Å². The predicted molar refractivity (Wildman–Crippen MR) is 99.1 cm³/mol. The second-order valence-electron chi connectivity index (χ2n) is 6.46. The summed E-state index contributed by atoms with van der Waals surface area (Å²) in [6, 6.07) is 8.74. The summed E-state index contributed by atoms with van der Waals surface area (Å²) >= 11 is 7.46. The number of thiophene rings is 1. The van der Waals surface area contributed by atoms with Crippen LogP contribution in [-0.4, -0.2) is 24.5 Å². The Balaban J connectivity index is 1.73. The molecule has 1 aliphatic heterocycles. The van der Waals surface area contributed by atoms with Gasteiger partial charge in [-0.05, 0) is 56.3 Å². The molecule has 7 heteroatoms. The second kappa shape index (κ2) is 8.63. The fourth-order valence-electron chi connectivity index (χ4n) is 3.15. The summed E-state index contributed by atoms with van der Waals surface area (Å²) < 4.78 is 45.4. The molecule has 1 aromatic heterocycles. The first-order valence-electron chi connectivity index (χ1n) is 8.73. The molecule has 2 heterocycles. The number of piperidine rings is 1. The van der Waals surface area contributed by atoms with Crippen molar-refractivity contribution in [1.29, 1.82) is 0 Å². The van der Waals surface area contributed by atoms with Crippen LogP contribution in [0.1, 0.15) is 42.2 Å². The minimum Gasteiger partial charge on any atom is -0.485 e. The van der Waals surface area contributed by atoms with E-state index in [1.165, 1.54) is 36.7 Å². The lowest BCUT2D eigenvalue weighted by Crippen LogP contribution is -2.31.